The predicted molar refractivity (Wildman–Crippen MR) is 497 cm³/mol. The normalized spacial score (nSPS) is 10.9. The Balaban J connectivity index is 0.000000628. The van der Waals surface area contributed by atoms with E-state index in [1.807, 2.05) is 75.4 Å². The Morgan fingerprint density at radius 3 is 1.17 bits per heavy atom. The molecule has 0 bridgehead atoms. The van der Waals surface area contributed by atoms with E-state index in [1.54, 1.807) is 19.2 Å². The number of halogens is 6. The molecule has 10 rings (SSSR count). The third-order valence-corrected chi connectivity index (χ3v) is 20.5. The molecule has 0 radical (unpaired) electrons. The smallest absolute Gasteiger partial charge is 0.283 e. The highest BCUT2D eigenvalue weighted by molar-refractivity contribution is 9.11. The highest BCUT2D eigenvalue weighted by Gasteiger charge is 2.27. The molecular formula is C99H132Br4ClFN2O4. The van der Waals surface area contributed by atoms with Gasteiger partial charge >= 0.3 is 0 Å². The zero-order valence-electron chi connectivity index (χ0n) is 72.0. The second kappa shape index (κ2) is 49.8. The molecule has 0 heterocycles. The third kappa shape index (κ3) is 38.3. The summed E-state index contributed by atoms with van der Waals surface area (Å²) in [6.45, 7) is 58.4. The minimum atomic E-state index is -0.395. The van der Waals surface area contributed by atoms with E-state index in [2.05, 4.69) is 363 Å². The van der Waals surface area contributed by atoms with Crippen molar-refractivity contribution >= 4 is 81.0 Å². The standard InChI is InChI=1S/C17H28O.C16H18.C10H13Cl.C10H14O.C10H14.C9H10Br2.C9H10BrNO2.C9H11Br.C9H11F.H3N/c1-11(2)12-9-13(16(3,4)5)15(18)14(10-12)17(6,7)8;1-16(2,3)15-11-9-14(10-12-15)13-7-5-4-6-8-13;1-7(2)9-4-5-10(11)8(3)6-9;1-8(2)9-6-4-5-7-10(9)11-3;1-8(2)10-6-4-9(3)5-7-10;1-6(2)7-3-8(10)5-9(11)4-7;1-6(2)7-3-4-9(11(12)13)8(10)5-7;1-7(2)8-4-3-5-9(10)6-8;1-7(2)8-3-5-9(10)6-4-8;/h9-11,18H,1-8H3;4-12H,1-3H3;4-7H,1-3H3;4-8H,1-3H3;4-8H,1-3H3;3-6H,1-2H3;3-6H,1-2H3;2*3-7H,1-2H3;1H3. The van der Waals surface area contributed by atoms with Crippen LogP contribution in [0.15, 0.2) is 236 Å². The van der Waals surface area contributed by atoms with Gasteiger partial charge < -0.3 is 16.0 Å². The molecule has 6 nitrogen and oxygen atoms in total. The molecule has 0 saturated heterocycles. The molecule has 604 valence electrons. The van der Waals surface area contributed by atoms with Gasteiger partial charge in [-0.1, -0.05) is 390 Å². The van der Waals surface area contributed by atoms with Crippen molar-refractivity contribution < 1.29 is 19.2 Å². The van der Waals surface area contributed by atoms with Crippen LogP contribution in [0.4, 0.5) is 10.1 Å². The summed E-state index contributed by atoms with van der Waals surface area (Å²) in [7, 11) is 1.71. The quantitative estimate of drug-likeness (QED) is 0.0991. The van der Waals surface area contributed by atoms with Gasteiger partial charge in [0.15, 0.2) is 0 Å². The van der Waals surface area contributed by atoms with Gasteiger partial charge in [-0.3, -0.25) is 10.1 Å². The molecule has 0 amide bonds. The van der Waals surface area contributed by atoms with E-state index in [0.717, 1.165) is 42.0 Å². The Hall–Kier alpha value is -6.70. The maximum Gasteiger partial charge on any atom is 0.283 e. The van der Waals surface area contributed by atoms with E-state index in [9.17, 15) is 19.6 Å². The Bertz CT molecular complexity index is 4220. The number of phenols is 1. The first-order valence-electron chi connectivity index (χ1n) is 38.5. The largest absolute Gasteiger partial charge is 0.507 e. The lowest BCUT2D eigenvalue weighted by Crippen LogP contribution is -2.18. The van der Waals surface area contributed by atoms with Crippen LogP contribution in [0.2, 0.25) is 5.02 Å². The van der Waals surface area contributed by atoms with E-state index in [0.29, 0.717) is 57.6 Å². The molecule has 0 aromatic heterocycles. The topological polar surface area (TPSA) is 108 Å². The van der Waals surface area contributed by atoms with Crippen molar-refractivity contribution in [2.75, 3.05) is 7.11 Å². The van der Waals surface area contributed by atoms with Crippen LogP contribution >= 0.6 is 75.3 Å². The van der Waals surface area contributed by atoms with Gasteiger partial charge in [0.2, 0.25) is 0 Å². The van der Waals surface area contributed by atoms with Crippen LogP contribution in [-0.4, -0.2) is 17.1 Å². The van der Waals surface area contributed by atoms with Crippen LogP contribution in [0, 0.1) is 29.8 Å². The Labute approximate surface area is 710 Å². The minimum absolute atomic E-state index is 0. The Kier molecular flexibility index (Phi) is 45.9. The maximum atomic E-state index is 12.4. The maximum absolute atomic E-state index is 12.4. The summed E-state index contributed by atoms with van der Waals surface area (Å²) in [5, 5.41) is 21.9. The summed E-state index contributed by atoms with van der Waals surface area (Å²) in [6.07, 6.45) is 0. The van der Waals surface area contributed by atoms with Crippen LogP contribution in [0.1, 0.15) is 293 Å². The number of hydrogen-bond acceptors (Lipinski definition) is 5. The van der Waals surface area contributed by atoms with Crippen molar-refractivity contribution in [3.8, 4) is 22.6 Å². The van der Waals surface area contributed by atoms with Gasteiger partial charge in [-0.15, -0.1) is 0 Å². The Morgan fingerprint density at radius 2 is 0.793 bits per heavy atom. The van der Waals surface area contributed by atoms with Crippen LogP contribution in [0.5, 0.6) is 11.5 Å². The number of nitro groups is 1. The summed E-state index contributed by atoms with van der Waals surface area (Å²) in [5.41, 5.74) is 19.2. The zero-order chi connectivity index (χ0) is 83.7. The van der Waals surface area contributed by atoms with E-state index >= 15 is 0 Å². The van der Waals surface area contributed by atoms with Crippen LogP contribution < -0.4 is 10.9 Å². The summed E-state index contributed by atoms with van der Waals surface area (Å²) in [4.78, 5) is 10.1. The first kappa shape index (κ1) is 102. The molecule has 12 heteroatoms. The van der Waals surface area contributed by atoms with Gasteiger partial charge in [0.05, 0.1) is 16.5 Å². The number of ether oxygens (including phenoxy) is 1. The van der Waals surface area contributed by atoms with E-state index in [4.69, 9.17) is 16.3 Å². The van der Waals surface area contributed by atoms with E-state index in [-0.39, 0.29) is 33.9 Å². The van der Waals surface area contributed by atoms with Gasteiger partial charge in [0.25, 0.3) is 5.69 Å². The van der Waals surface area contributed by atoms with Crippen LogP contribution in [0.3, 0.4) is 0 Å². The molecule has 4 N–H and O–H groups in total. The molecule has 0 fully saturated rings. The van der Waals surface area contributed by atoms with E-state index in [1.165, 1.54) is 83.9 Å². The highest BCUT2D eigenvalue weighted by Crippen LogP contribution is 2.41. The summed E-state index contributed by atoms with van der Waals surface area (Å²) < 4.78 is 21.5. The number of hydrogen-bond donors (Lipinski definition) is 2. The molecular weight excluding hydrogens is 1660 g/mol. The Morgan fingerprint density at radius 1 is 0.405 bits per heavy atom. The van der Waals surface area contributed by atoms with Gasteiger partial charge in [-0.2, -0.15) is 0 Å². The molecule has 0 aliphatic carbocycles. The van der Waals surface area contributed by atoms with Crippen molar-refractivity contribution in [1.29, 1.82) is 0 Å². The fourth-order valence-corrected chi connectivity index (χ4v) is 13.1. The number of phenolic OH excluding ortho intramolecular Hbond substituents is 1. The molecule has 10 aromatic rings. The zero-order valence-corrected chi connectivity index (χ0v) is 79.1. The lowest BCUT2D eigenvalue weighted by molar-refractivity contribution is -0.385. The van der Waals surface area contributed by atoms with Crippen molar-refractivity contribution in [2.45, 2.75) is 251 Å². The molecule has 111 heavy (non-hydrogen) atoms. The first-order valence-corrected chi connectivity index (χ1v) is 42.0. The lowest BCUT2D eigenvalue weighted by Gasteiger charge is -2.29. The number of nitrogens with zero attached hydrogens (tertiary/aromatic N) is 1. The van der Waals surface area contributed by atoms with Gasteiger partial charge in [0.1, 0.15) is 17.3 Å². The molecule has 0 saturated carbocycles. The predicted octanol–water partition coefficient (Wildman–Crippen LogP) is 34.0. The molecule has 0 atom stereocenters. The molecule has 0 aliphatic heterocycles. The van der Waals surface area contributed by atoms with Gasteiger partial charge in [-0.25, -0.2) is 4.39 Å². The van der Waals surface area contributed by atoms with Crippen LogP contribution in [-0.2, 0) is 16.2 Å². The second-order valence-corrected chi connectivity index (χ2v) is 37.3. The summed E-state index contributed by atoms with van der Waals surface area (Å²) in [6, 6.07) is 73.2. The molecule has 0 spiro atoms. The summed E-state index contributed by atoms with van der Waals surface area (Å²) in [5.74, 6) is 5.64. The number of nitro benzene ring substituents is 1. The van der Waals surface area contributed by atoms with Crippen molar-refractivity contribution in [3.05, 3.63) is 330 Å². The molecule has 0 unspecified atom stereocenters. The number of aromatic hydroxyl groups is 1. The average molecular weight is 1790 g/mol. The number of aryl methyl sites for hydroxylation is 2. The van der Waals surface area contributed by atoms with Gasteiger partial charge in [0, 0.05) is 24.5 Å². The number of methoxy groups -OCH3 is 1. The van der Waals surface area contributed by atoms with Crippen LogP contribution in [0.25, 0.3) is 11.1 Å². The lowest BCUT2D eigenvalue weighted by atomic mass is 9.77. The average Bonchev–Trinajstić information content (AvgIpc) is 0.777. The fourth-order valence-electron chi connectivity index (χ4n) is 10.7. The first-order chi connectivity index (χ1) is 51.1. The van der Waals surface area contributed by atoms with Crippen molar-refractivity contribution in [2.24, 2.45) is 0 Å². The highest BCUT2D eigenvalue weighted by atomic mass is 79.9. The number of benzene rings is 10. The minimum Gasteiger partial charge on any atom is -0.507 e. The SMILES string of the molecule is CC(C)(C)c1ccc(-c2ccccc2)cc1.CC(C)c1cc(Br)cc(Br)c1.CC(C)c1cc(C(C)(C)C)c(O)c(C(C)(C)C)c1.CC(C)c1ccc(F)cc1.CC(C)c1ccc([N+](=O)[O-])c(Br)c1.CC(C)c1cccc(Br)c1.COc1ccccc1C(C)C.Cc1cc(C(C)C)ccc1Cl.Cc1ccc(C(C)C)cc1.N. The second-order valence-electron chi connectivity index (χ2n) is 33.3. The molecule has 10 aromatic carbocycles. The fraction of sp³-hybridized carbons (Fsp3) is 0.394. The third-order valence-electron chi connectivity index (χ3n) is 18.1. The van der Waals surface area contributed by atoms with E-state index < -0.39 is 4.92 Å². The number of rotatable bonds is 11. The van der Waals surface area contributed by atoms with Gasteiger partial charge in [-0.05, 0) is 232 Å². The summed E-state index contributed by atoms with van der Waals surface area (Å²) >= 11 is 19.4. The molecule has 0 aliphatic rings. The number of para-hydroxylation sites is 1. The monoisotopic (exact) mass is 1780 g/mol. The van der Waals surface area contributed by atoms with Crippen molar-refractivity contribution in [1.82, 2.24) is 6.15 Å². The van der Waals surface area contributed by atoms with Crippen molar-refractivity contribution in [3.63, 3.8) is 0 Å².